The van der Waals surface area contributed by atoms with E-state index >= 15 is 0 Å². The third kappa shape index (κ3) is 4.47. The smallest absolute Gasteiger partial charge is 0.340 e. The molecule has 1 amide bonds. The molecule has 0 saturated carbocycles. The van der Waals surface area contributed by atoms with Crippen molar-refractivity contribution in [3.63, 3.8) is 0 Å². The summed E-state index contributed by atoms with van der Waals surface area (Å²) >= 11 is 0. The number of rotatable bonds is 7. The highest BCUT2D eigenvalue weighted by Crippen LogP contribution is 2.29. The van der Waals surface area contributed by atoms with Gasteiger partial charge in [-0.2, -0.15) is 8.78 Å². The molecule has 2 aromatic rings. The maximum absolute atomic E-state index is 13.0. The Morgan fingerprint density at radius 3 is 2.42 bits per heavy atom. The van der Waals surface area contributed by atoms with Gasteiger partial charge in [0.25, 0.3) is 11.6 Å². The number of nitrogens with zero attached hydrogens (tertiary/aromatic N) is 1. The summed E-state index contributed by atoms with van der Waals surface area (Å²) in [6.45, 7) is -1.59. The summed E-state index contributed by atoms with van der Waals surface area (Å²) in [7, 11) is 0. The fourth-order valence-corrected chi connectivity index (χ4v) is 1.95. The molecule has 0 bridgehead atoms. The van der Waals surface area contributed by atoms with Crippen molar-refractivity contribution in [1.82, 2.24) is 0 Å². The van der Waals surface area contributed by atoms with Crippen LogP contribution >= 0.6 is 0 Å². The average molecular weight is 372 g/mol. The maximum Gasteiger partial charge on any atom is 0.340 e. The number of carbonyl (C=O) groups is 1. The zero-order valence-corrected chi connectivity index (χ0v) is 13.0. The van der Waals surface area contributed by atoms with Gasteiger partial charge in [-0.25, -0.2) is 8.78 Å². The number of amides is 1. The molecule has 0 spiro atoms. The molecule has 6 nitrogen and oxygen atoms in total. The summed E-state index contributed by atoms with van der Waals surface area (Å²) in [6.07, 6.45) is -3.91. The largest absolute Gasteiger partial charge is 0.485 e. The lowest BCUT2D eigenvalue weighted by atomic mass is 10.1. The van der Waals surface area contributed by atoms with E-state index in [4.69, 9.17) is 4.74 Å². The van der Waals surface area contributed by atoms with E-state index in [1.807, 2.05) is 0 Å². The summed E-state index contributed by atoms with van der Waals surface area (Å²) < 4.78 is 55.1. The second kappa shape index (κ2) is 7.81. The van der Waals surface area contributed by atoms with Gasteiger partial charge < -0.3 is 10.1 Å². The number of halogens is 4. The van der Waals surface area contributed by atoms with Crippen molar-refractivity contribution >= 4 is 17.3 Å². The molecule has 0 aromatic heterocycles. The van der Waals surface area contributed by atoms with Gasteiger partial charge in [0, 0.05) is 6.07 Å². The Balaban J connectivity index is 2.21. The van der Waals surface area contributed by atoms with E-state index < -0.39 is 35.5 Å². The number of ether oxygens (including phenoxy) is 1. The van der Waals surface area contributed by atoms with Crippen LogP contribution in [-0.2, 0) is 0 Å². The highest BCUT2D eigenvalue weighted by atomic mass is 19.3. The van der Waals surface area contributed by atoms with Crippen LogP contribution in [0.1, 0.15) is 10.4 Å². The van der Waals surface area contributed by atoms with Gasteiger partial charge in [-0.15, -0.1) is 0 Å². The van der Waals surface area contributed by atoms with Crippen LogP contribution in [0.2, 0.25) is 0 Å². The van der Waals surface area contributed by atoms with E-state index in [1.165, 1.54) is 42.5 Å². The molecule has 0 unspecified atom stereocenters. The first-order chi connectivity index (χ1) is 12.2. The number of nitrogens with one attached hydrogen (secondary N) is 1. The quantitative estimate of drug-likeness (QED) is 0.450. The summed E-state index contributed by atoms with van der Waals surface area (Å²) in [5, 5.41) is 13.3. The molecule has 1 N–H and O–H groups in total. The Kier molecular flexibility index (Phi) is 5.75. The number of nitro benzene ring substituents is 1. The molecule has 0 heterocycles. The van der Waals surface area contributed by atoms with Gasteiger partial charge in [-0.1, -0.05) is 24.3 Å². The Hall–Kier alpha value is -3.17. The molecular weight excluding hydrogens is 360 g/mol. The number of para-hydroxylation sites is 3. The van der Waals surface area contributed by atoms with E-state index in [2.05, 4.69) is 5.32 Å². The molecule has 10 heteroatoms. The molecule has 0 fully saturated rings. The number of nitro groups is 1. The summed E-state index contributed by atoms with van der Waals surface area (Å²) in [5.74, 6) is -5.52. The number of hydrogen-bond acceptors (Lipinski definition) is 4. The Labute approximate surface area is 144 Å². The maximum atomic E-state index is 13.0. The lowest BCUT2D eigenvalue weighted by Gasteiger charge is -2.18. The van der Waals surface area contributed by atoms with Crippen LogP contribution in [0.15, 0.2) is 48.5 Å². The van der Waals surface area contributed by atoms with E-state index in [-0.39, 0.29) is 17.0 Å². The van der Waals surface area contributed by atoms with Crippen molar-refractivity contribution in [2.75, 3.05) is 11.9 Å². The molecule has 0 saturated heterocycles. The second-order valence-corrected chi connectivity index (χ2v) is 5.07. The van der Waals surface area contributed by atoms with Gasteiger partial charge in [-0.05, 0) is 18.2 Å². The van der Waals surface area contributed by atoms with Crippen molar-refractivity contribution in [3.8, 4) is 5.75 Å². The van der Waals surface area contributed by atoms with Crippen molar-refractivity contribution in [3.05, 3.63) is 64.2 Å². The highest BCUT2D eigenvalue weighted by molar-refractivity contribution is 6.07. The van der Waals surface area contributed by atoms with E-state index in [9.17, 15) is 32.5 Å². The van der Waals surface area contributed by atoms with Gasteiger partial charge >= 0.3 is 12.3 Å². The monoisotopic (exact) mass is 372 g/mol. The normalized spacial score (nSPS) is 11.3. The average Bonchev–Trinajstić information content (AvgIpc) is 2.60. The summed E-state index contributed by atoms with van der Waals surface area (Å²) in [6, 6.07) is 10.4. The van der Waals surface area contributed by atoms with Crippen LogP contribution in [-0.4, -0.2) is 29.8 Å². The number of hydrogen-bond donors (Lipinski definition) is 1. The SMILES string of the molecule is O=C(Nc1ccccc1OCC(F)(F)C(F)F)c1ccccc1[N+](=O)[O-]. The van der Waals surface area contributed by atoms with Crippen LogP contribution in [0, 0.1) is 10.1 Å². The van der Waals surface area contributed by atoms with Gasteiger partial charge in [-0.3, -0.25) is 14.9 Å². The van der Waals surface area contributed by atoms with Crippen molar-refractivity contribution in [2.45, 2.75) is 12.3 Å². The van der Waals surface area contributed by atoms with Gasteiger partial charge in [0.15, 0.2) is 6.61 Å². The molecule has 0 aliphatic carbocycles. The van der Waals surface area contributed by atoms with Crippen LogP contribution in [0.4, 0.5) is 28.9 Å². The molecule has 0 radical (unpaired) electrons. The first-order valence-electron chi connectivity index (χ1n) is 7.15. The highest BCUT2D eigenvalue weighted by Gasteiger charge is 2.41. The number of benzene rings is 2. The Bertz CT molecular complexity index is 814. The van der Waals surface area contributed by atoms with Crippen LogP contribution < -0.4 is 10.1 Å². The molecule has 0 aliphatic heterocycles. The van der Waals surface area contributed by atoms with E-state index in [1.54, 1.807) is 0 Å². The van der Waals surface area contributed by atoms with E-state index in [0.29, 0.717) is 0 Å². The fourth-order valence-electron chi connectivity index (χ4n) is 1.95. The summed E-state index contributed by atoms with van der Waals surface area (Å²) in [5.41, 5.74) is -0.807. The zero-order valence-electron chi connectivity index (χ0n) is 13.0. The van der Waals surface area contributed by atoms with Gasteiger partial charge in [0.05, 0.1) is 10.6 Å². The van der Waals surface area contributed by atoms with Crippen molar-refractivity contribution in [1.29, 1.82) is 0 Å². The standard InChI is InChI=1S/C16H12F4N2O4/c17-15(18)16(19,20)9-26-13-8-4-2-6-11(13)21-14(23)10-5-1-3-7-12(10)22(24)25/h1-8,15H,9H2,(H,21,23). The second-order valence-electron chi connectivity index (χ2n) is 5.07. The third-order valence-corrected chi connectivity index (χ3v) is 3.22. The molecule has 0 atom stereocenters. The predicted octanol–water partition coefficient (Wildman–Crippen LogP) is 4.13. The molecule has 2 rings (SSSR count). The minimum Gasteiger partial charge on any atom is -0.485 e. The molecular formula is C16H12F4N2O4. The van der Waals surface area contributed by atoms with Crippen molar-refractivity contribution in [2.24, 2.45) is 0 Å². The lowest BCUT2D eigenvalue weighted by Crippen LogP contribution is -2.33. The lowest BCUT2D eigenvalue weighted by molar-refractivity contribution is -0.385. The minimum absolute atomic E-state index is 0.0966. The Morgan fingerprint density at radius 1 is 1.15 bits per heavy atom. The number of carbonyl (C=O) groups excluding carboxylic acids is 1. The predicted molar refractivity (Wildman–Crippen MR) is 83.9 cm³/mol. The van der Waals surface area contributed by atoms with Crippen LogP contribution in [0.5, 0.6) is 5.75 Å². The van der Waals surface area contributed by atoms with Gasteiger partial charge in [0.1, 0.15) is 11.3 Å². The van der Waals surface area contributed by atoms with Gasteiger partial charge in [0.2, 0.25) is 0 Å². The third-order valence-electron chi connectivity index (χ3n) is 3.22. The molecule has 2 aromatic carbocycles. The number of anilines is 1. The molecule has 138 valence electrons. The van der Waals surface area contributed by atoms with Crippen LogP contribution in [0.25, 0.3) is 0 Å². The molecule has 26 heavy (non-hydrogen) atoms. The fraction of sp³-hybridized carbons (Fsp3) is 0.188. The minimum atomic E-state index is -4.37. The zero-order chi connectivity index (χ0) is 19.3. The topological polar surface area (TPSA) is 81.5 Å². The first-order valence-corrected chi connectivity index (χ1v) is 7.15. The summed E-state index contributed by atoms with van der Waals surface area (Å²) in [4.78, 5) is 22.5. The number of alkyl halides is 4. The van der Waals surface area contributed by atoms with Crippen molar-refractivity contribution < 1.29 is 32.0 Å². The van der Waals surface area contributed by atoms with Crippen LogP contribution in [0.3, 0.4) is 0 Å². The first kappa shape index (κ1) is 19.2. The Morgan fingerprint density at radius 2 is 1.77 bits per heavy atom. The molecule has 0 aliphatic rings. The van der Waals surface area contributed by atoms with E-state index in [0.717, 1.165) is 6.07 Å².